The summed E-state index contributed by atoms with van der Waals surface area (Å²) in [6, 6.07) is 14.0. The quantitative estimate of drug-likeness (QED) is 0.263. The van der Waals surface area contributed by atoms with Gasteiger partial charge in [-0.05, 0) is 88.7 Å². The number of nitrogens with two attached hydrogens (primary N) is 1. The number of aliphatic carboxylic acids is 1. The molecule has 0 spiro atoms. The van der Waals surface area contributed by atoms with Crippen molar-refractivity contribution in [2.75, 3.05) is 13.1 Å². The van der Waals surface area contributed by atoms with E-state index in [2.05, 4.69) is 47.6 Å². The Labute approximate surface area is 243 Å². The molecule has 216 valence electrons. The smallest absolute Gasteiger partial charge is 0.310 e. The highest BCUT2D eigenvalue weighted by atomic mass is 35.5. The number of hydrogen-bond donors (Lipinski definition) is 2. The zero-order valence-corrected chi connectivity index (χ0v) is 25.2. The number of hydrogen-bond acceptors (Lipinski definition) is 6. The van der Waals surface area contributed by atoms with E-state index in [-0.39, 0.29) is 5.54 Å². The molecule has 1 fully saturated rings. The van der Waals surface area contributed by atoms with Crippen molar-refractivity contribution in [3.05, 3.63) is 71.3 Å². The van der Waals surface area contributed by atoms with Crippen molar-refractivity contribution in [2.45, 2.75) is 72.4 Å². The van der Waals surface area contributed by atoms with Gasteiger partial charge in [0.15, 0.2) is 0 Å². The predicted octanol–water partition coefficient (Wildman–Crippen LogP) is 7.24. The second kappa shape index (κ2) is 13.6. The number of aromatic nitrogens is 2. The fourth-order valence-electron chi connectivity index (χ4n) is 4.68. The molecule has 0 saturated carbocycles. The Kier molecular flexibility index (Phi) is 10.7. The Balaban J connectivity index is 0.000000810. The van der Waals surface area contributed by atoms with Gasteiger partial charge in [-0.25, -0.2) is 0 Å². The van der Waals surface area contributed by atoms with E-state index in [1.54, 1.807) is 6.08 Å². The molecule has 0 atom stereocenters. The van der Waals surface area contributed by atoms with Crippen LogP contribution in [-0.2, 0) is 17.8 Å². The molecule has 0 aliphatic carbocycles. The molecule has 1 aromatic heterocycles. The van der Waals surface area contributed by atoms with E-state index < -0.39 is 11.4 Å². The molecule has 1 aliphatic heterocycles. The van der Waals surface area contributed by atoms with Crippen molar-refractivity contribution in [3.8, 4) is 22.8 Å². The molecule has 0 unspecified atom stereocenters. The van der Waals surface area contributed by atoms with E-state index in [4.69, 9.17) is 21.9 Å². The van der Waals surface area contributed by atoms with Crippen LogP contribution in [0.5, 0.6) is 0 Å². The topological polar surface area (TPSA) is 105 Å². The third-order valence-corrected chi connectivity index (χ3v) is 7.13. The monoisotopic (exact) mass is 566 g/mol. The van der Waals surface area contributed by atoms with Crippen molar-refractivity contribution >= 4 is 17.6 Å². The summed E-state index contributed by atoms with van der Waals surface area (Å²) in [7, 11) is 0. The van der Waals surface area contributed by atoms with Crippen LogP contribution in [0, 0.1) is 11.3 Å². The van der Waals surface area contributed by atoms with Crippen molar-refractivity contribution in [1.29, 1.82) is 0 Å². The summed E-state index contributed by atoms with van der Waals surface area (Å²) in [5.74, 6) is 0.788. The maximum absolute atomic E-state index is 11.8. The molecule has 3 N–H and O–H groups in total. The largest absolute Gasteiger partial charge is 0.481 e. The Morgan fingerprint density at radius 3 is 2.30 bits per heavy atom. The SMILES string of the molecule is C=CCC1(C(=O)O)CCN(Cc2ccc(-c3noc(-c4ccc(CC(C)C)c(Cl)c4)n3)cc2)CC1.CC(C)(C)N. The minimum atomic E-state index is -0.713. The Morgan fingerprint density at radius 1 is 1.18 bits per heavy atom. The van der Waals surface area contributed by atoms with Crippen LogP contribution in [0.25, 0.3) is 22.8 Å². The van der Waals surface area contributed by atoms with Gasteiger partial charge in [0, 0.05) is 28.2 Å². The normalized spacial score (nSPS) is 15.4. The summed E-state index contributed by atoms with van der Waals surface area (Å²) < 4.78 is 5.51. The molecule has 2 aromatic carbocycles. The van der Waals surface area contributed by atoms with Crippen LogP contribution < -0.4 is 5.73 Å². The van der Waals surface area contributed by atoms with E-state index >= 15 is 0 Å². The molecule has 0 radical (unpaired) electrons. The number of likely N-dealkylation sites (tertiary alicyclic amines) is 1. The minimum Gasteiger partial charge on any atom is -0.481 e. The number of halogens is 1. The van der Waals surface area contributed by atoms with Gasteiger partial charge in [-0.1, -0.05) is 67.0 Å². The molecule has 1 aliphatic rings. The maximum atomic E-state index is 11.8. The van der Waals surface area contributed by atoms with Crippen LogP contribution in [0.15, 0.2) is 59.6 Å². The number of carboxylic acids is 1. The Morgan fingerprint density at radius 2 is 1.77 bits per heavy atom. The highest BCUT2D eigenvalue weighted by molar-refractivity contribution is 6.31. The molecule has 4 rings (SSSR count). The number of nitrogens with zero attached hydrogens (tertiary/aromatic N) is 3. The predicted molar refractivity (Wildman–Crippen MR) is 162 cm³/mol. The highest BCUT2D eigenvalue weighted by Gasteiger charge is 2.40. The van der Waals surface area contributed by atoms with Crippen molar-refractivity contribution in [3.63, 3.8) is 0 Å². The van der Waals surface area contributed by atoms with E-state index in [9.17, 15) is 9.90 Å². The highest BCUT2D eigenvalue weighted by Crippen LogP contribution is 2.36. The number of rotatable bonds is 9. The molecular weight excluding hydrogens is 524 g/mol. The van der Waals surface area contributed by atoms with Gasteiger partial charge in [0.25, 0.3) is 5.89 Å². The molecule has 1 saturated heterocycles. The molecule has 7 nitrogen and oxygen atoms in total. The molecule has 0 amide bonds. The second-order valence-corrected chi connectivity index (χ2v) is 12.7. The van der Waals surface area contributed by atoms with Crippen LogP contribution in [-0.4, -0.2) is 44.7 Å². The molecule has 40 heavy (non-hydrogen) atoms. The van der Waals surface area contributed by atoms with Gasteiger partial charge >= 0.3 is 5.97 Å². The van der Waals surface area contributed by atoms with Crippen molar-refractivity contribution < 1.29 is 14.4 Å². The number of carboxylic acid groups (broad SMARTS) is 1. The van der Waals surface area contributed by atoms with Gasteiger partial charge in [-0.3, -0.25) is 9.69 Å². The van der Waals surface area contributed by atoms with Gasteiger partial charge in [-0.15, -0.1) is 6.58 Å². The zero-order chi connectivity index (χ0) is 29.5. The molecule has 0 bridgehead atoms. The van der Waals surface area contributed by atoms with Crippen LogP contribution >= 0.6 is 11.6 Å². The summed E-state index contributed by atoms with van der Waals surface area (Å²) in [4.78, 5) is 18.6. The molecular formula is C32H43ClN4O3. The first-order chi connectivity index (χ1) is 18.8. The maximum Gasteiger partial charge on any atom is 0.310 e. The lowest BCUT2D eigenvalue weighted by Gasteiger charge is -2.38. The van der Waals surface area contributed by atoms with Gasteiger partial charge in [0.1, 0.15) is 0 Å². The van der Waals surface area contributed by atoms with Gasteiger partial charge in [0.05, 0.1) is 5.41 Å². The van der Waals surface area contributed by atoms with E-state index in [0.717, 1.165) is 48.3 Å². The van der Waals surface area contributed by atoms with Crippen molar-refractivity contribution in [1.82, 2.24) is 15.0 Å². The zero-order valence-electron chi connectivity index (χ0n) is 24.4. The van der Waals surface area contributed by atoms with Crippen LogP contribution in [0.3, 0.4) is 0 Å². The summed E-state index contributed by atoms with van der Waals surface area (Å²) >= 11 is 6.46. The number of piperidine rings is 1. The minimum absolute atomic E-state index is 0. The van der Waals surface area contributed by atoms with E-state index in [0.29, 0.717) is 41.9 Å². The first-order valence-corrected chi connectivity index (χ1v) is 14.2. The van der Waals surface area contributed by atoms with Gasteiger partial charge in [-0.2, -0.15) is 4.98 Å². The fraction of sp³-hybridized carbons (Fsp3) is 0.469. The molecule has 2 heterocycles. The fourth-order valence-corrected chi connectivity index (χ4v) is 4.94. The van der Waals surface area contributed by atoms with Crippen LogP contribution in [0.4, 0.5) is 0 Å². The van der Waals surface area contributed by atoms with Crippen LogP contribution in [0.2, 0.25) is 5.02 Å². The average Bonchev–Trinajstić information content (AvgIpc) is 3.36. The first-order valence-electron chi connectivity index (χ1n) is 13.9. The lowest BCUT2D eigenvalue weighted by molar-refractivity contribution is -0.152. The third-order valence-electron chi connectivity index (χ3n) is 6.77. The Hall–Kier alpha value is -3.00. The van der Waals surface area contributed by atoms with Crippen molar-refractivity contribution in [2.24, 2.45) is 17.1 Å². The summed E-state index contributed by atoms with van der Waals surface area (Å²) in [5.41, 5.74) is 8.64. The lowest BCUT2D eigenvalue weighted by Crippen LogP contribution is -2.43. The molecule has 3 aromatic rings. The van der Waals surface area contributed by atoms with Gasteiger partial charge < -0.3 is 15.4 Å². The number of allylic oxidation sites excluding steroid dienone is 1. The first kappa shape index (κ1) is 31.5. The summed E-state index contributed by atoms with van der Waals surface area (Å²) in [5, 5.41) is 14.5. The Bertz CT molecular complexity index is 1260. The molecule has 8 heteroatoms. The number of carbonyl (C=O) groups is 1. The summed E-state index contributed by atoms with van der Waals surface area (Å²) in [6.45, 7) is 16.3. The van der Waals surface area contributed by atoms with E-state index in [1.807, 2.05) is 51.1 Å². The number of benzene rings is 2. The second-order valence-electron chi connectivity index (χ2n) is 12.2. The van der Waals surface area contributed by atoms with Gasteiger partial charge in [0.2, 0.25) is 5.82 Å². The lowest BCUT2D eigenvalue weighted by atomic mass is 9.75. The third kappa shape index (κ3) is 9.01. The summed E-state index contributed by atoms with van der Waals surface area (Å²) in [6.07, 6.45) is 4.45. The van der Waals surface area contributed by atoms with Crippen LogP contribution in [0.1, 0.15) is 65.0 Å². The van der Waals surface area contributed by atoms with E-state index in [1.165, 1.54) is 0 Å². The average molecular weight is 567 g/mol. The standard InChI is InChI=1S/C28H32ClN3O3.C4H11N/c1-4-11-28(27(33)34)12-14-32(15-13-28)18-20-5-7-21(8-6-20)25-30-26(35-31-25)23-10-9-22(16-19(2)3)24(29)17-23;1-4(2,3)5/h4-10,17,19H,1,11-16,18H2,2-3H3,(H,33,34);5H2,1-3H3.